The molecule has 0 radical (unpaired) electrons. The van der Waals surface area contributed by atoms with Crippen molar-refractivity contribution in [3.8, 4) is 0 Å². The summed E-state index contributed by atoms with van der Waals surface area (Å²) in [5.41, 5.74) is 2.19. The van der Waals surface area contributed by atoms with Gasteiger partial charge in [0.15, 0.2) is 0 Å². The largest absolute Gasteiger partial charge is 0.316 e. The molecule has 1 nitrogen and oxygen atoms in total. The van der Waals surface area contributed by atoms with Gasteiger partial charge in [0.05, 0.1) is 0 Å². The van der Waals surface area contributed by atoms with Crippen molar-refractivity contribution in [3.05, 3.63) is 71.3 Å². The van der Waals surface area contributed by atoms with Crippen molar-refractivity contribution in [2.24, 2.45) is 0 Å². The third-order valence-electron chi connectivity index (χ3n) is 3.55. The fourth-order valence-corrected chi connectivity index (χ4v) is 2.40. The fourth-order valence-electron chi connectivity index (χ4n) is 2.40. The molecule has 2 rings (SSSR count). The number of hydrogen-bond donors (Lipinski definition) is 1. The zero-order valence-corrected chi connectivity index (χ0v) is 12.3. The van der Waals surface area contributed by atoms with Gasteiger partial charge in [-0.1, -0.05) is 31.2 Å². The lowest BCUT2D eigenvalue weighted by Crippen LogP contribution is -2.23. The topological polar surface area (TPSA) is 12.0 Å². The molecule has 1 atom stereocenters. The average molecular weight is 289 g/mol. The van der Waals surface area contributed by atoms with E-state index in [2.05, 4.69) is 12.2 Å². The molecular formula is C18H21F2N. The maximum absolute atomic E-state index is 13.1. The van der Waals surface area contributed by atoms with Crippen molar-refractivity contribution in [2.75, 3.05) is 13.1 Å². The Morgan fingerprint density at radius 1 is 0.905 bits per heavy atom. The molecule has 1 unspecified atom stereocenters. The predicted molar refractivity (Wildman–Crippen MR) is 82.4 cm³/mol. The quantitative estimate of drug-likeness (QED) is 0.750. The van der Waals surface area contributed by atoms with Gasteiger partial charge in [0.2, 0.25) is 0 Å². The molecule has 0 bridgehead atoms. The van der Waals surface area contributed by atoms with Crippen LogP contribution < -0.4 is 5.32 Å². The van der Waals surface area contributed by atoms with Gasteiger partial charge in [-0.15, -0.1) is 0 Å². The van der Waals surface area contributed by atoms with Gasteiger partial charge < -0.3 is 5.32 Å². The van der Waals surface area contributed by atoms with Crippen molar-refractivity contribution >= 4 is 0 Å². The van der Waals surface area contributed by atoms with Crippen LogP contribution in [-0.4, -0.2) is 13.1 Å². The maximum atomic E-state index is 13.1. The van der Waals surface area contributed by atoms with Crippen LogP contribution in [0.5, 0.6) is 0 Å². The van der Waals surface area contributed by atoms with Crippen molar-refractivity contribution in [2.45, 2.75) is 25.7 Å². The fraction of sp³-hybridized carbons (Fsp3) is 0.333. The van der Waals surface area contributed by atoms with Gasteiger partial charge in [-0.3, -0.25) is 0 Å². The Balaban J connectivity index is 2.11. The van der Waals surface area contributed by atoms with E-state index < -0.39 is 0 Å². The molecular weight excluding hydrogens is 268 g/mol. The van der Waals surface area contributed by atoms with Crippen molar-refractivity contribution in [1.82, 2.24) is 5.32 Å². The van der Waals surface area contributed by atoms with Gasteiger partial charge in [-0.05, 0) is 54.8 Å². The van der Waals surface area contributed by atoms with Crippen LogP contribution in [0.1, 0.15) is 30.4 Å². The zero-order valence-electron chi connectivity index (χ0n) is 12.3. The molecule has 1 N–H and O–H groups in total. The van der Waals surface area contributed by atoms with E-state index in [4.69, 9.17) is 0 Å². The summed E-state index contributed by atoms with van der Waals surface area (Å²) in [7, 11) is 0. The number of benzene rings is 2. The third kappa shape index (κ3) is 4.94. The summed E-state index contributed by atoms with van der Waals surface area (Å²) in [5.74, 6) is -0.190. The van der Waals surface area contributed by atoms with Crippen LogP contribution in [0, 0.1) is 11.6 Å². The molecule has 0 heterocycles. The summed E-state index contributed by atoms with van der Waals surface area (Å²) in [5, 5.41) is 3.41. The van der Waals surface area contributed by atoms with Gasteiger partial charge in [0.1, 0.15) is 11.6 Å². The predicted octanol–water partition coefficient (Wildman–Crippen LogP) is 4.29. The Hall–Kier alpha value is -1.74. The highest BCUT2D eigenvalue weighted by molar-refractivity contribution is 5.25. The summed E-state index contributed by atoms with van der Waals surface area (Å²) in [6, 6.07) is 13.2. The highest BCUT2D eigenvalue weighted by Gasteiger charge is 2.12. The van der Waals surface area contributed by atoms with Gasteiger partial charge in [0, 0.05) is 12.5 Å². The summed E-state index contributed by atoms with van der Waals surface area (Å²) < 4.78 is 26.1. The maximum Gasteiger partial charge on any atom is 0.123 e. The van der Waals surface area contributed by atoms with Gasteiger partial charge in [-0.2, -0.15) is 0 Å². The SMILES string of the molecule is CCCNCC(Cc1ccc(F)cc1)c1ccc(F)cc1. The van der Waals surface area contributed by atoms with E-state index in [1.165, 1.54) is 24.3 Å². The van der Waals surface area contributed by atoms with Crippen molar-refractivity contribution in [3.63, 3.8) is 0 Å². The molecule has 0 aliphatic heterocycles. The Labute approximate surface area is 125 Å². The first kappa shape index (κ1) is 15.6. The average Bonchev–Trinajstić information content (AvgIpc) is 2.49. The lowest BCUT2D eigenvalue weighted by Gasteiger charge is -2.18. The van der Waals surface area contributed by atoms with Crippen LogP contribution in [-0.2, 0) is 6.42 Å². The van der Waals surface area contributed by atoms with Gasteiger partial charge in [-0.25, -0.2) is 8.78 Å². The van der Waals surface area contributed by atoms with E-state index in [0.29, 0.717) is 0 Å². The van der Waals surface area contributed by atoms with E-state index in [1.54, 1.807) is 0 Å². The lowest BCUT2D eigenvalue weighted by atomic mass is 9.92. The number of halogens is 2. The first-order valence-electron chi connectivity index (χ1n) is 7.39. The Morgan fingerprint density at radius 3 is 2.05 bits per heavy atom. The smallest absolute Gasteiger partial charge is 0.123 e. The van der Waals surface area contributed by atoms with Crippen molar-refractivity contribution < 1.29 is 8.78 Å². The molecule has 2 aromatic rings. The Bertz CT molecular complexity index is 534. The second-order valence-electron chi connectivity index (χ2n) is 5.28. The molecule has 0 amide bonds. The molecule has 0 spiro atoms. The minimum Gasteiger partial charge on any atom is -0.316 e. The van der Waals surface area contributed by atoms with Crippen LogP contribution in [0.2, 0.25) is 0 Å². The third-order valence-corrected chi connectivity index (χ3v) is 3.55. The summed E-state index contributed by atoms with van der Waals surface area (Å²) in [4.78, 5) is 0. The molecule has 3 heteroatoms. The van der Waals surface area contributed by atoms with Crippen LogP contribution in [0.4, 0.5) is 8.78 Å². The molecule has 21 heavy (non-hydrogen) atoms. The Morgan fingerprint density at radius 2 is 1.48 bits per heavy atom. The number of rotatable bonds is 7. The van der Waals surface area contributed by atoms with Crippen LogP contribution in [0.15, 0.2) is 48.5 Å². The molecule has 2 aromatic carbocycles. The van der Waals surface area contributed by atoms with E-state index in [9.17, 15) is 8.78 Å². The molecule has 0 saturated carbocycles. The van der Waals surface area contributed by atoms with Gasteiger partial charge >= 0.3 is 0 Å². The molecule has 112 valence electrons. The van der Waals surface area contributed by atoms with E-state index in [1.807, 2.05) is 24.3 Å². The van der Waals surface area contributed by atoms with E-state index in [-0.39, 0.29) is 17.6 Å². The first-order valence-corrected chi connectivity index (χ1v) is 7.39. The highest BCUT2D eigenvalue weighted by atomic mass is 19.1. The zero-order chi connectivity index (χ0) is 15.1. The second kappa shape index (κ2) is 7.89. The monoisotopic (exact) mass is 289 g/mol. The normalized spacial score (nSPS) is 12.3. The van der Waals surface area contributed by atoms with E-state index >= 15 is 0 Å². The molecule has 0 saturated heterocycles. The summed E-state index contributed by atoms with van der Waals surface area (Å²) in [6.07, 6.45) is 1.88. The molecule has 0 fully saturated rings. The highest BCUT2D eigenvalue weighted by Crippen LogP contribution is 2.21. The minimum atomic E-state index is -0.221. The second-order valence-corrected chi connectivity index (χ2v) is 5.28. The van der Waals surface area contributed by atoms with Gasteiger partial charge in [0.25, 0.3) is 0 Å². The lowest BCUT2D eigenvalue weighted by molar-refractivity contribution is 0.572. The summed E-state index contributed by atoms with van der Waals surface area (Å²) in [6.45, 7) is 3.91. The Kier molecular flexibility index (Phi) is 5.88. The van der Waals surface area contributed by atoms with E-state index in [0.717, 1.165) is 37.1 Å². The van der Waals surface area contributed by atoms with Crippen LogP contribution >= 0.6 is 0 Å². The first-order chi connectivity index (χ1) is 10.2. The number of hydrogen-bond acceptors (Lipinski definition) is 1. The molecule has 0 aliphatic rings. The molecule has 0 aliphatic carbocycles. The van der Waals surface area contributed by atoms with Crippen LogP contribution in [0.25, 0.3) is 0 Å². The molecule has 0 aromatic heterocycles. The number of nitrogens with one attached hydrogen (secondary N) is 1. The van der Waals surface area contributed by atoms with Crippen LogP contribution in [0.3, 0.4) is 0 Å². The standard InChI is InChI=1S/C18H21F2N/c1-2-11-21-13-16(15-5-9-18(20)10-6-15)12-14-3-7-17(19)8-4-14/h3-10,16,21H,2,11-13H2,1H3. The summed E-state index contributed by atoms with van der Waals surface area (Å²) >= 11 is 0. The minimum absolute atomic E-state index is 0.221. The van der Waals surface area contributed by atoms with Crippen molar-refractivity contribution in [1.29, 1.82) is 0 Å².